The highest BCUT2D eigenvalue weighted by Gasteiger charge is 2.20. The lowest BCUT2D eigenvalue weighted by Gasteiger charge is -2.10. The van der Waals surface area contributed by atoms with Gasteiger partial charge >= 0.3 is 0 Å². The molecule has 3 aromatic rings. The molecule has 5 nitrogen and oxygen atoms in total. The Kier molecular flexibility index (Phi) is 3.94. The van der Waals surface area contributed by atoms with E-state index in [1.165, 1.54) is 12.8 Å². The van der Waals surface area contributed by atoms with Crippen LogP contribution in [0, 0.1) is 5.92 Å². The molecule has 0 saturated heterocycles. The summed E-state index contributed by atoms with van der Waals surface area (Å²) in [5, 5.41) is 3.48. The quantitative estimate of drug-likeness (QED) is 0.681. The summed E-state index contributed by atoms with van der Waals surface area (Å²) in [6.45, 7) is 3.46. The number of nitrogens with two attached hydrogens (primary N) is 1. The van der Waals surface area contributed by atoms with Gasteiger partial charge in [0.1, 0.15) is 12.4 Å². The van der Waals surface area contributed by atoms with Crippen molar-refractivity contribution in [1.82, 2.24) is 9.97 Å². The number of fused-ring (bicyclic) bond motifs is 2. The Morgan fingerprint density at radius 1 is 1.08 bits per heavy atom. The number of nitrogens with one attached hydrogen (secondary N) is 1. The number of nitrogens with zero attached hydrogens (tertiary/aromatic N) is 2. The molecule has 1 fully saturated rings. The van der Waals surface area contributed by atoms with E-state index in [9.17, 15) is 0 Å². The minimum Gasteiger partial charge on any atom is -0.492 e. The predicted octanol–water partition coefficient (Wildman–Crippen LogP) is 3.33. The van der Waals surface area contributed by atoms with Gasteiger partial charge in [-0.05, 0) is 56.0 Å². The fraction of sp³-hybridized carbons (Fsp3) is 0.368. The number of aromatic nitrogens is 2. The second kappa shape index (κ2) is 6.24. The fourth-order valence-electron chi connectivity index (χ4n) is 2.67. The zero-order valence-electron chi connectivity index (χ0n) is 13.8. The summed E-state index contributed by atoms with van der Waals surface area (Å²) in [7, 11) is 0. The van der Waals surface area contributed by atoms with E-state index in [0.29, 0.717) is 6.61 Å². The fourth-order valence-corrected chi connectivity index (χ4v) is 2.67. The second-order valence-corrected chi connectivity index (χ2v) is 6.69. The first kappa shape index (κ1) is 15.1. The van der Waals surface area contributed by atoms with Crippen LogP contribution in [0.5, 0.6) is 5.75 Å². The van der Waals surface area contributed by atoms with Gasteiger partial charge in [0.25, 0.3) is 0 Å². The summed E-state index contributed by atoms with van der Waals surface area (Å²) in [4.78, 5) is 9.45. The number of anilines is 1. The monoisotopic (exact) mass is 322 g/mol. The SMILES string of the molecule is CC(N)COc1ccc2nc3cc(NCC4CC4)ccc3nc2c1. The van der Waals surface area contributed by atoms with Crippen molar-refractivity contribution >= 4 is 27.8 Å². The number of hydrogen-bond donors (Lipinski definition) is 2. The normalized spacial score (nSPS) is 15.6. The summed E-state index contributed by atoms with van der Waals surface area (Å²) in [6, 6.07) is 12.0. The molecule has 0 spiro atoms. The van der Waals surface area contributed by atoms with Gasteiger partial charge in [0.2, 0.25) is 0 Å². The molecule has 0 amide bonds. The molecule has 1 unspecified atom stereocenters. The molecule has 1 saturated carbocycles. The molecule has 1 aliphatic carbocycles. The second-order valence-electron chi connectivity index (χ2n) is 6.69. The Labute approximate surface area is 141 Å². The molecule has 1 heterocycles. The smallest absolute Gasteiger partial charge is 0.121 e. The lowest BCUT2D eigenvalue weighted by molar-refractivity contribution is 0.296. The third-order valence-corrected chi connectivity index (χ3v) is 4.21. The van der Waals surface area contributed by atoms with Gasteiger partial charge < -0.3 is 15.8 Å². The van der Waals surface area contributed by atoms with Crippen LogP contribution in [0.1, 0.15) is 19.8 Å². The Bertz CT molecular complexity index is 808. The van der Waals surface area contributed by atoms with Gasteiger partial charge in [-0.1, -0.05) is 0 Å². The number of hydrogen-bond acceptors (Lipinski definition) is 5. The molecule has 0 bridgehead atoms. The maximum Gasteiger partial charge on any atom is 0.121 e. The van der Waals surface area contributed by atoms with Crippen LogP contribution in [0.3, 0.4) is 0 Å². The van der Waals surface area contributed by atoms with Crippen molar-refractivity contribution in [3.8, 4) is 5.75 Å². The summed E-state index contributed by atoms with van der Waals surface area (Å²) in [6.07, 6.45) is 2.69. The molecule has 2 aromatic carbocycles. The first-order valence-corrected chi connectivity index (χ1v) is 8.51. The summed E-state index contributed by atoms with van der Waals surface area (Å²) < 4.78 is 5.66. The summed E-state index contributed by atoms with van der Waals surface area (Å²) in [5.74, 6) is 1.62. The van der Waals surface area contributed by atoms with Crippen LogP contribution in [-0.4, -0.2) is 29.2 Å². The number of rotatable bonds is 6. The van der Waals surface area contributed by atoms with E-state index in [2.05, 4.69) is 17.4 Å². The molecular weight excluding hydrogens is 300 g/mol. The van der Waals surface area contributed by atoms with E-state index in [1.807, 2.05) is 31.2 Å². The minimum absolute atomic E-state index is 0.00458. The largest absolute Gasteiger partial charge is 0.492 e. The lowest BCUT2D eigenvalue weighted by Crippen LogP contribution is -2.23. The predicted molar refractivity (Wildman–Crippen MR) is 97.4 cm³/mol. The average molecular weight is 322 g/mol. The third kappa shape index (κ3) is 3.41. The van der Waals surface area contributed by atoms with Gasteiger partial charge in [-0.15, -0.1) is 0 Å². The Morgan fingerprint density at radius 3 is 2.50 bits per heavy atom. The Hall–Kier alpha value is -2.40. The van der Waals surface area contributed by atoms with Crippen LogP contribution in [0.2, 0.25) is 0 Å². The number of benzene rings is 2. The van der Waals surface area contributed by atoms with Crippen LogP contribution in [0.25, 0.3) is 22.1 Å². The van der Waals surface area contributed by atoms with Crippen molar-refractivity contribution in [2.24, 2.45) is 11.7 Å². The van der Waals surface area contributed by atoms with E-state index in [4.69, 9.17) is 20.4 Å². The zero-order chi connectivity index (χ0) is 16.5. The summed E-state index contributed by atoms with van der Waals surface area (Å²) in [5.41, 5.74) is 10.3. The van der Waals surface area contributed by atoms with Crippen LogP contribution in [0.4, 0.5) is 5.69 Å². The first-order chi connectivity index (χ1) is 11.7. The highest BCUT2D eigenvalue weighted by Crippen LogP contribution is 2.29. The molecule has 24 heavy (non-hydrogen) atoms. The molecule has 0 radical (unpaired) electrons. The molecule has 3 N–H and O–H groups in total. The molecule has 124 valence electrons. The van der Waals surface area contributed by atoms with Gasteiger partial charge in [-0.3, -0.25) is 0 Å². The van der Waals surface area contributed by atoms with Crippen molar-refractivity contribution in [2.75, 3.05) is 18.5 Å². The minimum atomic E-state index is 0.00458. The van der Waals surface area contributed by atoms with E-state index < -0.39 is 0 Å². The first-order valence-electron chi connectivity index (χ1n) is 8.51. The highest BCUT2D eigenvalue weighted by molar-refractivity contribution is 5.88. The molecule has 0 aliphatic heterocycles. The van der Waals surface area contributed by atoms with Gasteiger partial charge in [0.15, 0.2) is 0 Å². The molecule has 4 rings (SSSR count). The van der Waals surface area contributed by atoms with Crippen LogP contribution in [0.15, 0.2) is 36.4 Å². The van der Waals surface area contributed by atoms with E-state index in [1.54, 1.807) is 0 Å². The van der Waals surface area contributed by atoms with Crippen molar-refractivity contribution in [3.05, 3.63) is 36.4 Å². The van der Waals surface area contributed by atoms with Crippen molar-refractivity contribution in [2.45, 2.75) is 25.8 Å². The van der Waals surface area contributed by atoms with Gasteiger partial charge in [0.05, 0.1) is 22.1 Å². The third-order valence-electron chi connectivity index (χ3n) is 4.21. The molecule has 1 aliphatic rings. The van der Waals surface area contributed by atoms with E-state index >= 15 is 0 Å². The van der Waals surface area contributed by atoms with Crippen LogP contribution >= 0.6 is 0 Å². The lowest BCUT2D eigenvalue weighted by atomic mass is 10.2. The molecular formula is C19H22N4O. The van der Waals surface area contributed by atoms with Crippen molar-refractivity contribution in [1.29, 1.82) is 0 Å². The Morgan fingerprint density at radius 2 is 1.79 bits per heavy atom. The zero-order valence-corrected chi connectivity index (χ0v) is 13.8. The molecule has 1 aromatic heterocycles. The maximum absolute atomic E-state index is 5.73. The molecule has 1 atom stereocenters. The van der Waals surface area contributed by atoms with Gasteiger partial charge in [-0.25, -0.2) is 9.97 Å². The van der Waals surface area contributed by atoms with Gasteiger partial charge in [-0.2, -0.15) is 0 Å². The highest BCUT2D eigenvalue weighted by atomic mass is 16.5. The summed E-state index contributed by atoms with van der Waals surface area (Å²) >= 11 is 0. The van der Waals surface area contributed by atoms with Gasteiger partial charge in [0, 0.05) is 24.3 Å². The topological polar surface area (TPSA) is 73.1 Å². The molecule has 5 heteroatoms. The van der Waals surface area contributed by atoms with Crippen molar-refractivity contribution < 1.29 is 4.74 Å². The van der Waals surface area contributed by atoms with Crippen molar-refractivity contribution in [3.63, 3.8) is 0 Å². The van der Waals surface area contributed by atoms with Crippen LogP contribution < -0.4 is 15.8 Å². The average Bonchev–Trinajstić information content (AvgIpc) is 3.40. The van der Waals surface area contributed by atoms with E-state index in [-0.39, 0.29) is 6.04 Å². The van der Waals surface area contributed by atoms with E-state index in [0.717, 1.165) is 46.0 Å². The maximum atomic E-state index is 5.73. The number of ether oxygens (including phenoxy) is 1. The Balaban J connectivity index is 1.62. The standard InChI is InChI=1S/C19H22N4O/c1-12(20)11-24-15-5-7-17-19(9-15)23-16-6-4-14(8-18(16)22-17)21-10-13-2-3-13/h4-9,12-13,21H,2-3,10-11,20H2,1H3. The van der Waals surface area contributed by atoms with Crippen LogP contribution in [-0.2, 0) is 0 Å².